The number of hydrogen-bond acceptors (Lipinski definition) is 1. The molecule has 1 aromatic heterocycles. The van der Waals surface area contributed by atoms with E-state index in [4.69, 9.17) is 6.58 Å². The van der Waals surface area contributed by atoms with Crippen LogP contribution in [0.4, 0.5) is 0 Å². The van der Waals surface area contributed by atoms with E-state index in [0.29, 0.717) is 0 Å². The monoisotopic (exact) mass is 496 g/mol. The third kappa shape index (κ3) is 3.56. The Morgan fingerprint density at radius 3 is 2.52 bits per heavy atom. The third-order valence-electron chi connectivity index (χ3n) is 3.15. The summed E-state index contributed by atoms with van der Waals surface area (Å²) in [6.07, 6.45) is 6.25. The van der Waals surface area contributed by atoms with Crippen molar-refractivity contribution >= 4 is 10.9 Å². The summed E-state index contributed by atoms with van der Waals surface area (Å²) in [6, 6.07) is 18.5. The maximum Gasteiger partial charge on any atom is 2.00 e. The van der Waals surface area contributed by atoms with Crippen LogP contribution in [0.3, 0.4) is 0 Å². The predicted molar refractivity (Wildman–Crippen MR) is 81.1 cm³/mol. The number of para-hydroxylation sites is 1. The van der Waals surface area contributed by atoms with Gasteiger partial charge in [-0.1, -0.05) is 47.9 Å². The molecule has 0 saturated heterocycles. The van der Waals surface area contributed by atoms with Crippen molar-refractivity contribution in [2.45, 2.75) is 6.54 Å². The van der Waals surface area contributed by atoms with Crippen LogP contribution in [0.15, 0.2) is 66.7 Å². The molecule has 3 rings (SSSR count). The third-order valence-corrected chi connectivity index (χ3v) is 3.15. The van der Waals surface area contributed by atoms with Crippen molar-refractivity contribution in [3.63, 3.8) is 0 Å². The van der Waals surface area contributed by atoms with Crippen LogP contribution in [0.2, 0.25) is 0 Å². The molecule has 0 aliphatic carbocycles. The Kier molecular flexibility index (Phi) is 5.61. The second-order valence-electron chi connectivity index (χ2n) is 4.51. The average Bonchev–Trinajstić information content (AvgIpc) is 2.85. The molecule has 0 atom stereocenters. The van der Waals surface area contributed by atoms with Crippen molar-refractivity contribution in [2.75, 3.05) is 0 Å². The molecule has 0 aliphatic rings. The largest absolute Gasteiger partial charge is 2.00 e. The number of allylic oxidation sites excluding steroid dienone is 2. The molecule has 3 heteroatoms. The van der Waals surface area contributed by atoms with Crippen LogP contribution in [-0.4, -0.2) is 9.78 Å². The molecule has 0 saturated carbocycles. The van der Waals surface area contributed by atoms with Gasteiger partial charge in [-0.2, -0.15) is 0 Å². The number of hydrogen-bond donors (Lipinski definition) is 0. The molecule has 1 heterocycles. The molecule has 0 spiro atoms. The second kappa shape index (κ2) is 7.45. The smallest absolute Gasteiger partial charge is 0.361 e. The van der Waals surface area contributed by atoms with Crippen LogP contribution in [0.25, 0.3) is 10.9 Å². The van der Waals surface area contributed by atoms with Crippen molar-refractivity contribution in [1.29, 1.82) is 0 Å². The standard InChI is InChI=1S/C18H14N2.U/c1-2-3-12-17-16-11-7-8-13-18(16)20(19-17)14-15-9-5-4-6-10-15;/h1-11,13H,14H2;/q-2;+2. The van der Waals surface area contributed by atoms with Gasteiger partial charge in [0, 0.05) is 5.52 Å². The first-order valence-corrected chi connectivity index (χ1v) is 6.51. The van der Waals surface area contributed by atoms with Crippen molar-refractivity contribution in [3.05, 3.63) is 90.7 Å². The average molecular weight is 496 g/mol. The summed E-state index contributed by atoms with van der Waals surface area (Å²) in [5, 5.41) is 5.71. The molecule has 0 bridgehead atoms. The van der Waals surface area contributed by atoms with Crippen molar-refractivity contribution < 1.29 is 31.1 Å². The Morgan fingerprint density at radius 2 is 1.76 bits per heavy atom. The second-order valence-corrected chi connectivity index (χ2v) is 4.51. The fourth-order valence-corrected chi connectivity index (χ4v) is 2.24. The molecular formula is C18H14N2U. The summed E-state index contributed by atoms with van der Waals surface area (Å²) in [6.45, 7) is 6.12. The maximum atomic E-state index is 5.37. The van der Waals surface area contributed by atoms with Gasteiger partial charge in [0.25, 0.3) is 0 Å². The van der Waals surface area contributed by atoms with Crippen LogP contribution in [0.1, 0.15) is 11.3 Å². The number of aromatic nitrogens is 2. The summed E-state index contributed by atoms with van der Waals surface area (Å²) < 4.78 is 2.00. The number of fused-ring (bicyclic) bond motifs is 1. The first kappa shape index (κ1) is 15.8. The zero-order valence-electron chi connectivity index (χ0n) is 11.5. The van der Waals surface area contributed by atoms with Gasteiger partial charge in [-0.05, 0) is 17.3 Å². The van der Waals surface area contributed by atoms with Crippen LogP contribution in [0.5, 0.6) is 0 Å². The maximum absolute atomic E-state index is 5.37. The Balaban J connectivity index is 0.00000161. The molecule has 0 amide bonds. The van der Waals surface area contributed by atoms with E-state index in [2.05, 4.69) is 35.4 Å². The summed E-state index contributed by atoms with van der Waals surface area (Å²) in [5.74, 6) is 0. The van der Waals surface area contributed by atoms with Gasteiger partial charge >= 0.3 is 31.1 Å². The van der Waals surface area contributed by atoms with Crippen LogP contribution in [-0.2, 0) is 6.54 Å². The van der Waals surface area contributed by atoms with E-state index in [9.17, 15) is 0 Å². The summed E-state index contributed by atoms with van der Waals surface area (Å²) in [4.78, 5) is 0. The Bertz CT molecular complexity index is 757. The molecule has 21 heavy (non-hydrogen) atoms. The molecular weight excluding hydrogens is 482 g/mol. The van der Waals surface area contributed by atoms with Gasteiger partial charge in [0.2, 0.25) is 0 Å². The van der Waals surface area contributed by atoms with Crippen molar-refractivity contribution in [2.24, 2.45) is 0 Å². The van der Waals surface area contributed by atoms with Crippen LogP contribution >= 0.6 is 0 Å². The molecule has 0 unspecified atom stereocenters. The normalized spacial score (nSPS) is 10.7. The Morgan fingerprint density at radius 1 is 1.05 bits per heavy atom. The van der Waals surface area contributed by atoms with E-state index in [0.717, 1.165) is 23.1 Å². The fourth-order valence-electron chi connectivity index (χ4n) is 2.24. The summed E-state index contributed by atoms with van der Waals surface area (Å²) >= 11 is 0. The number of benzene rings is 2. The SMILES string of the molecule is [CH-]=CC=[C-]c1nn(Cc2ccccc2)c2ccccc12.[U+2]. The molecule has 3 aromatic rings. The van der Waals surface area contributed by atoms with Gasteiger partial charge in [-0.15, -0.1) is 6.07 Å². The van der Waals surface area contributed by atoms with Gasteiger partial charge < -0.3 is 18.7 Å². The zero-order valence-corrected chi connectivity index (χ0v) is 15.7. The van der Waals surface area contributed by atoms with Crippen molar-refractivity contribution in [1.82, 2.24) is 9.78 Å². The van der Waals surface area contributed by atoms with E-state index >= 15 is 0 Å². The van der Waals surface area contributed by atoms with Gasteiger partial charge in [0.1, 0.15) is 0 Å². The first-order valence-electron chi connectivity index (χ1n) is 6.51. The minimum Gasteiger partial charge on any atom is -0.361 e. The van der Waals surface area contributed by atoms with Crippen molar-refractivity contribution in [3.8, 4) is 0 Å². The summed E-state index contributed by atoms with van der Waals surface area (Å²) in [5.41, 5.74) is 3.14. The van der Waals surface area contributed by atoms with E-state index < -0.39 is 0 Å². The van der Waals surface area contributed by atoms with Gasteiger partial charge in [0.05, 0.1) is 6.54 Å². The Hall–Kier alpha value is -1.56. The van der Waals surface area contributed by atoms with Gasteiger partial charge in [0.15, 0.2) is 0 Å². The Labute approximate surface area is 148 Å². The minimum absolute atomic E-state index is 0. The first-order chi connectivity index (χ1) is 9.88. The molecule has 2 aromatic carbocycles. The molecule has 2 nitrogen and oxygen atoms in total. The number of nitrogens with zero attached hydrogens (tertiary/aromatic N) is 2. The van der Waals surface area contributed by atoms with E-state index in [1.807, 2.05) is 35.0 Å². The van der Waals surface area contributed by atoms with Crippen LogP contribution in [0, 0.1) is 43.8 Å². The predicted octanol–water partition coefficient (Wildman–Crippen LogP) is 3.78. The molecule has 0 fully saturated rings. The van der Waals surface area contributed by atoms with Crippen LogP contribution < -0.4 is 0 Å². The zero-order chi connectivity index (χ0) is 13.8. The van der Waals surface area contributed by atoms with E-state index in [1.165, 1.54) is 11.6 Å². The topological polar surface area (TPSA) is 17.8 Å². The molecule has 100 valence electrons. The minimum atomic E-state index is 0. The quantitative estimate of drug-likeness (QED) is 0.397. The van der Waals surface area contributed by atoms with E-state index in [-0.39, 0.29) is 31.1 Å². The van der Waals surface area contributed by atoms with E-state index in [1.54, 1.807) is 6.08 Å². The molecule has 0 N–H and O–H groups in total. The summed E-state index contributed by atoms with van der Waals surface area (Å²) in [7, 11) is 0. The van der Waals surface area contributed by atoms with Gasteiger partial charge in [-0.3, -0.25) is 10.8 Å². The molecule has 0 radical (unpaired) electrons. The molecule has 0 aliphatic heterocycles. The fraction of sp³-hybridized carbons (Fsp3) is 0.0556. The van der Waals surface area contributed by atoms with Gasteiger partial charge in [-0.25, -0.2) is 5.10 Å². The number of rotatable bonds is 4.